The van der Waals surface area contributed by atoms with Crippen LogP contribution in [0.1, 0.15) is 16.8 Å². The van der Waals surface area contributed by atoms with Crippen molar-refractivity contribution in [2.24, 2.45) is 0 Å². The fourth-order valence-electron chi connectivity index (χ4n) is 2.97. The second-order valence-electron chi connectivity index (χ2n) is 6.20. The molecule has 8 heteroatoms. The third kappa shape index (κ3) is 3.62. The predicted molar refractivity (Wildman–Crippen MR) is 96.8 cm³/mol. The molecule has 0 N–H and O–H groups in total. The molecule has 2 aromatic carbocycles. The number of benzene rings is 2. The highest BCUT2D eigenvalue weighted by Crippen LogP contribution is 2.33. The zero-order valence-corrected chi connectivity index (χ0v) is 14.9. The molecule has 144 valence electrons. The Morgan fingerprint density at radius 2 is 1.82 bits per heavy atom. The lowest BCUT2D eigenvalue weighted by atomic mass is 10.1. The normalized spacial score (nSPS) is 14.3. The number of nitrogens with zero attached hydrogens (tertiary/aromatic N) is 1. The smallest absolute Gasteiger partial charge is 0.308 e. The minimum absolute atomic E-state index is 0.0332. The van der Waals surface area contributed by atoms with E-state index in [9.17, 15) is 14.4 Å². The number of amides is 1. The molecule has 0 aromatic heterocycles. The van der Waals surface area contributed by atoms with Gasteiger partial charge in [-0.1, -0.05) is 12.1 Å². The lowest BCUT2D eigenvalue weighted by Gasteiger charge is -2.28. The second-order valence-corrected chi connectivity index (χ2v) is 6.20. The maximum absolute atomic E-state index is 12.2. The van der Waals surface area contributed by atoms with Crippen molar-refractivity contribution in [1.82, 2.24) is 0 Å². The van der Waals surface area contributed by atoms with Gasteiger partial charge in [0.05, 0.1) is 12.1 Å². The molecule has 8 nitrogen and oxygen atoms in total. The van der Waals surface area contributed by atoms with Crippen molar-refractivity contribution in [2.75, 3.05) is 31.5 Å². The summed E-state index contributed by atoms with van der Waals surface area (Å²) in [6.07, 6.45) is -0.0332. The van der Waals surface area contributed by atoms with Gasteiger partial charge >= 0.3 is 5.97 Å². The molecular weight excluding hydrogens is 366 g/mol. The Balaban J connectivity index is 1.30. The van der Waals surface area contributed by atoms with Crippen LogP contribution in [0.5, 0.6) is 17.2 Å². The number of carbonyl (C=O) groups is 3. The molecule has 0 saturated heterocycles. The molecule has 0 saturated carbocycles. The van der Waals surface area contributed by atoms with Gasteiger partial charge in [-0.3, -0.25) is 14.4 Å². The van der Waals surface area contributed by atoms with E-state index in [1.807, 2.05) is 6.07 Å². The van der Waals surface area contributed by atoms with E-state index in [2.05, 4.69) is 0 Å². The van der Waals surface area contributed by atoms with Gasteiger partial charge in [-0.15, -0.1) is 0 Å². The zero-order chi connectivity index (χ0) is 19.5. The van der Waals surface area contributed by atoms with Crippen molar-refractivity contribution in [3.63, 3.8) is 0 Å². The second kappa shape index (κ2) is 7.59. The van der Waals surface area contributed by atoms with Gasteiger partial charge in [0, 0.05) is 12.1 Å². The van der Waals surface area contributed by atoms with Gasteiger partial charge in [0.1, 0.15) is 5.75 Å². The summed E-state index contributed by atoms with van der Waals surface area (Å²) in [4.78, 5) is 37.8. The third-order valence-corrected chi connectivity index (χ3v) is 4.41. The first kappa shape index (κ1) is 17.8. The number of carbonyl (C=O) groups excluding carboxylic acids is 3. The molecule has 4 rings (SSSR count). The zero-order valence-electron chi connectivity index (χ0n) is 14.9. The molecule has 28 heavy (non-hydrogen) atoms. The largest absolute Gasteiger partial charge is 0.482 e. The maximum Gasteiger partial charge on any atom is 0.308 e. The number of hydrogen-bond donors (Lipinski definition) is 0. The summed E-state index contributed by atoms with van der Waals surface area (Å²) in [7, 11) is 0. The molecule has 2 aliphatic heterocycles. The van der Waals surface area contributed by atoms with Crippen LogP contribution in [0.2, 0.25) is 0 Å². The van der Waals surface area contributed by atoms with Crippen molar-refractivity contribution in [3.05, 3.63) is 48.0 Å². The van der Waals surface area contributed by atoms with Gasteiger partial charge in [0.25, 0.3) is 5.91 Å². The lowest BCUT2D eigenvalue weighted by molar-refractivity contribution is -0.142. The van der Waals surface area contributed by atoms with E-state index in [1.54, 1.807) is 36.4 Å². The molecule has 0 fully saturated rings. The van der Waals surface area contributed by atoms with Crippen molar-refractivity contribution >= 4 is 23.3 Å². The van der Waals surface area contributed by atoms with E-state index in [0.29, 0.717) is 28.5 Å². The van der Waals surface area contributed by atoms with E-state index in [1.165, 1.54) is 4.90 Å². The summed E-state index contributed by atoms with van der Waals surface area (Å²) in [5, 5.41) is 0. The van der Waals surface area contributed by atoms with Crippen LogP contribution in [0, 0.1) is 0 Å². The number of Topliss-reactive ketones (excluding diaryl/α,β-unsaturated/α-hetero) is 1. The lowest BCUT2D eigenvalue weighted by Crippen LogP contribution is -2.40. The van der Waals surface area contributed by atoms with Crippen molar-refractivity contribution in [1.29, 1.82) is 0 Å². The number of fused-ring (bicyclic) bond motifs is 2. The number of rotatable bonds is 6. The van der Waals surface area contributed by atoms with Crippen LogP contribution in [-0.4, -0.2) is 44.2 Å². The Kier molecular flexibility index (Phi) is 4.84. The first-order valence-electron chi connectivity index (χ1n) is 8.72. The molecule has 2 aromatic rings. The number of esters is 1. The van der Waals surface area contributed by atoms with Crippen LogP contribution in [0.4, 0.5) is 5.69 Å². The van der Waals surface area contributed by atoms with Gasteiger partial charge in [-0.05, 0) is 30.3 Å². The third-order valence-electron chi connectivity index (χ3n) is 4.41. The van der Waals surface area contributed by atoms with Crippen LogP contribution in [0.25, 0.3) is 0 Å². The summed E-state index contributed by atoms with van der Waals surface area (Å²) < 4.78 is 20.8. The Morgan fingerprint density at radius 1 is 1.00 bits per heavy atom. The number of anilines is 1. The Bertz CT molecular complexity index is 940. The van der Waals surface area contributed by atoms with Gasteiger partial charge in [0.2, 0.25) is 6.79 Å². The average molecular weight is 383 g/mol. The van der Waals surface area contributed by atoms with Crippen LogP contribution in [0.3, 0.4) is 0 Å². The molecule has 0 unspecified atom stereocenters. The fraction of sp³-hybridized carbons (Fsp3) is 0.250. The number of hydrogen-bond acceptors (Lipinski definition) is 7. The SMILES string of the molecule is O=C(CCN1C(=O)COc2ccccc21)OCC(=O)c1ccc2c(c1)OCO2. The van der Waals surface area contributed by atoms with E-state index in [4.69, 9.17) is 18.9 Å². The number of ether oxygens (including phenoxy) is 4. The molecule has 0 aliphatic carbocycles. The van der Waals surface area contributed by atoms with Crippen LogP contribution in [0.15, 0.2) is 42.5 Å². The van der Waals surface area contributed by atoms with Crippen LogP contribution < -0.4 is 19.1 Å². The van der Waals surface area contributed by atoms with Crippen molar-refractivity contribution in [3.8, 4) is 17.2 Å². The van der Waals surface area contributed by atoms with Crippen LogP contribution >= 0.6 is 0 Å². The maximum atomic E-state index is 12.2. The Morgan fingerprint density at radius 3 is 2.71 bits per heavy atom. The van der Waals surface area contributed by atoms with Gasteiger partial charge in [0.15, 0.2) is 30.5 Å². The van der Waals surface area contributed by atoms with E-state index in [-0.39, 0.29) is 44.7 Å². The van der Waals surface area contributed by atoms with Crippen molar-refractivity contribution < 1.29 is 33.3 Å². The highest BCUT2D eigenvalue weighted by atomic mass is 16.7. The fourth-order valence-corrected chi connectivity index (χ4v) is 2.97. The van der Waals surface area contributed by atoms with Gasteiger partial charge < -0.3 is 23.8 Å². The quantitative estimate of drug-likeness (QED) is 0.556. The first-order chi connectivity index (χ1) is 13.6. The summed E-state index contributed by atoms with van der Waals surface area (Å²) in [5.41, 5.74) is 0.984. The van der Waals surface area contributed by atoms with Gasteiger partial charge in [-0.2, -0.15) is 0 Å². The average Bonchev–Trinajstić information content (AvgIpc) is 3.19. The molecule has 0 spiro atoms. The first-order valence-corrected chi connectivity index (χ1v) is 8.72. The minimum Gasteiger partial charge on any atom is -0.482 e. The molecule has 0 atom stereocenters. The number of para-hydroxylation sites is 2. The Hall–Kier alpha value is -3.55. The molecule has 0 bridgehead atoms. The molecule has 0 radical (unpaired) electrons. The summed E-state index contributed by atoms with van der Waals surface area (Å²) in [6, 6.07) is 11.9. The standard InChI is InChI=1S/C20H17NO7/c22-15(13-5-6-17-18(9-13)28-12-27-17)10-26-20(24)7-8-21-14-3-1-2-4-16(14)25-11-19(21)23/h1-6,9H,7-8,10-12H2. The highest BCUT2D eigenvalue weighted by Gasteiger charge is 2.25. The molecule has 1 amide bonds. The highest BCUT2D eigenvalue weighted by molar-refractivity contribution is 5.99. The van der Waals surface area contributed by atoms with Crippen LogP contribution in [-0.2, 0) is 14.3 Å². The summed E-state index contributed by atoms with van der Waals surface area (Å²) in [5.74, 6) is 0.507. The minimum atomic E-state index is -0.564. The molecule has 2 heterocycles. The molecular formula is C20H17NO7. The van der Waals surface area contributed by atoms with Gasteiger partial charge in [-0.25, -0.2) is 0 Å². The van der Waals surface area contributed by atoms with E-state index >= 15 is 0 Å². The predicted octanol–water partition coefficient (Wildman–Crippen LogP) is 1.96. The Labute approximate surface area is 160 Å². The number of ketones is 1. The van der Waals surface area contributed by atoms with E-state index < -0.39 is 5.97 Å². The van der Waals surface area contributed by atoms with Crippen molar-refractivity contribution in [2.45, 2.75) is 6.42 Å². The summed E-state index contributed by atoms with van der Waals surface area (Å²) in [6.45, 7) is -0.192. The topological polar surface area (TPSA) is 91.4 Å². The summed E-state index contributed by atoms with van der Waals surface area (Å²) >= 11 is 0. The van der Waals surface area contributed by atoms with E-state index in [0.717, 1.165) is 0 Å². The molecule has 2 aliphatic rings. The monoisotopic (exact) mass is 383 g/mol.